The summed E-state index contributed by atoms with van der Waals surface area (Å²) in [5.41, 5.74) is 1.01. The summed E-state index contributed by atoms with van der Waals surface area (Å²) in [4.78, 5) is 55.0. The van der Waals surface area contributed by atoms with E-state index >= 15 is 0 Å². The van der Waals surface area contributed by atoms with Gasteiger partial charge in [-0.3, -0.25) is 23.7 Å². The molecule has 2 aliphatic rings. The van der Waals surface area contributed by atoms with Gasteiger partial charge >= 0.3 is 11.0 Å². The number of nitrogens with one attached hydrogen (secondary N) is 1. The van der Waals surface area contributed by atoms with E-state index in [-0.39, 0.29) is 12.2 Å². The lowest BCUT2D eigenvalue weighted by Gasteiger charge is -2.30. The van der Waals surface area contributed by atoms with Crippen LogP contribution in [-0.4, -0.2) is 34.6 Å². The molecule has 4 aromatic rings. The molecule has 3 amide bonds. The highest BCUT2D eigenvalue weighted by Gasteiger charge is 2.57. The van der Waals surface area contributed by atoms with Crippen molar-refractivity contribution in [3.05, 3.63) is 104 Å². The second-order valence-electron chi connectivity index (χ2n) is 10.4. The Bertz CT molecular complexity index is 1830. The van der Waals surface area contributed by atoms with Crippen molar-refractivity contribution < 1.29 is 32.3 Å². The topological polar surface area (TPSA) is 97.7 Å². The number of anilines is 2. The van der Waals surface area contributed by atoms with Crippen molar-refractivity contribution in [2.24, 2.45) is 5.92 Å². The van der Waals surface area contributed by atoms with Crippen LogP contribution >= 0.6 is 23.1 Å². The van der Waals surface area contributed by atoms with Crippen molar-refractivity contribution >= 4 is 52.2 Å². The minimum Gasteiger partial charge on any atom is -0.497 e. The molecule has 1 aromatic heterocycles. The Morgan fingerprint density at radius 3 is 2.34 bits per heavy atom. The Labute approximate surface area is 257 Å². The predicted octanol–water partition coefficient (Wildman–Crippen LogP) is 5.68. The minimum absolute atomic E-state index is 0.184. The van der Waals surface area contributed by atoms with Gasteiger partial charge in [-0.1, -0.05) is 59.0 Å². The molecule has 6 rings (SSSR count). The van der Waals surface area contributed by atoms with E-state index < -0.39 is 51.4 Å². The van der Waals surface area contributed by atoms with Gasteiger partial charge in [0.25, 0.3) is 0 Å². The molecule has 1 fully saturated rings. The van der Waals surface area contributed by atoms with Crippen molar-refractivity contribution in [2.75, 3.05) is 17.3 Å². The number of alkyl halides is 3. The van der Waals surface area contributed by atoms with Crippen molar-refractivity contribution in [3.8, 4) is 5.75 Å². The fraction of sp³-hybridized carbons (Fsp3) is 0.226. The molecule has 44 heavy (non-hydrogen) atoms. The summed E-state index contributed by atoms with van der Waals surface area (Å²) in [6.07, 6.45) is -4.67. The van der Waals surface area contributed by atoms with Gasteiger partial charge in [0.1, 0.15) is 17.5 Å². The van der Waals surface area contributed by atoms with Gasteiger partial charge in [0.2, 0.25) is 17.7 Å². The second kappa shape index (κ2) is 11.3. The number of fused-ring (bicyclic) bond motifs is 2. The fourth-order valence-corrected chi connectivity index (χ4v) is 8.26. The SMILES string of the molecule is COc1ccc(C2c3sc(=O)n(CC(=O)Nc4ccc(C)cc4)c3SC3C(=O)N(c4cccc(C(F)(F)F)c4)C(=O)C32)cc1. The summed E-state index contributed by atoms with van der Waals surface area (Å²) in [6.45, 7) is 1.58. The molecular weight excluding hydrogens is 615 g/mol. The molecule has 0 saturated carbocycles. The van der Waals surface area contributed by atoms with Crippen LogP contribution in [0.4, 0.5) is 24.5 Å². The van der Waals surface area contributed by atoms with E-state index in [1.807, 2.05) is 19.1 Å². The van der Waals surface area contributed by atoms with Crippen LogP contribution in [0.2, 0.25) is 0 Å². The normalized spacial score (nSPS) is 19.5. The van der Waals surface area contributed by atoms with E-state index in [4.69, 9.17) is 4.74 Å². The number of aromatic nitrogens is 1. The molecule has 0 aliphatic carbocycles. The number of imide groups is 1. The highest BCUT2D eigenvalue weighted by atomic mass is 32.2. The summed E-state index contributed by atoms with van der Waals surface area (Å²) in [7, 11) is 1.50. The van der Waals surface area contributed by atoms with Crippen LogP contribution in [0.5, 0.6) is 5.75 Å². The minimum atomic E-state index is -4.67. The number of ether oxygens (including phenoxy) is 1. The lowest BCUT2D eigenvalue weighted by Crippen LogP contribution is -2.33. The zero-order chi connectivity index (χ0) is 31.3. The number of rotatable bonds is 6. The molecule has 3 aromatic carbocycles. The third kappa shape index (κ3) is 5.30. The number of hydrogen-bond donors (Lipinski definition) is 1. The van der Waals surface area contributed by atoms with Crippen LogP contribution in [-0.2, 0) is 27.1 Å². The summed E-state index contributed by atoms with van der Waals surface area (Å²) in [5, 5.41) is 2.09. The highest BCUT2D eigenvalue weighted by Crippen LogP contribution is 2.54. The maximum atomic E-state index is 14.0. The van der Waals surface area contributed by atoms with Crippen LogP contribution < -0.4 is 19.8 Å². The number of thioether (sulfide) groups is 1. The number of nitrogens with zero attached hydrogens (tertiary/aromatic N) is 2. The molecule has 0 bridgehead atoms. The quantitative estimate of drug-likeness (QED) is 0.273. The number of aryl methyl sites for hydroxylation is 1. The molecule has 0 radical (unpaired) electrons. The Balaban J connectivity index is 1.41. The first kappa shape index (κ1) is 29.7. The van der Waals surface area contributed by atoms with Crippen molar-refractivity contribution in [2.45, 2.75) is 35.8 Å². The molecule has 13 heteroatoms. The molecule has 3 heterocycles. The van der Waals surface area contributed by atoms with E-state index in [0.29, 0.717) is 26.9 Å². The number of amides is 3. The van der Waals surface area contributed by atoms with Gasteiger partial charge in [-0.15, -0.1) is 0 Å². The number of benzene rings is 3. The highest BCUT2D eigenvalue weighted by molar-refractivity contribution is 8.00. The molecule has 226 valence electrons. The number of carbonyl (C=O) groups excluding carboxylic acids is 3. The van der Waals surface area contributed by atoms with Gasteiger partial charge in [-0.25, -0.2) is 4.90 Å². The van der Waals surface area contributed by atoms with Gasteiger partial charge in [0, 0.05) is 16.5 Å². The Morgan fingerprint density at radius 1 is 0.977 bits per heavy atom. The second-order valence-corrected chi connectivity index (χ2v) is 12.5. The van der Waals surface area contributed by atoms with E-state index in [1.165, 1.54) is 17.7 Å². The first-order chi connectivity index (χ1) is 21.0. The molecule has 8 nitrogen and oxygen atoms in total. The number of methoxy groups -OCH3 is 1. The molecule has 3 atom stereocenters. The summed E-state index contributed by atoms with van der Waals surface area (Å²) in [6, 6.07) is 18.1. The molecule has 1 N–H and O–H groups in total. The smallest absolute Gasteiger partial charge is 0.416 e. The zero-order valence-electron chi connectivity index (χ0n) is 23.3. The summed E-state index contributed by atoms with van der Waals surface area (Å²) in [5.74, 6) is -3.04. The lowest BCUT2D eigenvalue weighted by molar-refractivity contribution is -0.137. The van der Waals surface area contributed by atoms with Crippen molar-refractivity contribution in [1.29, 1.82) is 0 Å². The third-order valence-electron chi connectivity index (χ3n) is 7.59. The monoisotopic (exact) mass is 639 g/mol. The Hall–Kier alpha value is -4.36. The standard InChI is InChI=1S/C31H24F3N3O5S2/c1-16-6-10-19(11-7-16)35-22(38)15-36-29-26(44-30(36)41)23(17-8-12-21(42-2)13-9-17)24-25(43-29)28(40)37(27(24)39)20-5-3-4-18(14-20)31(32,33)34/h3-14,23-25H,15H2,1-2H3,(H,35,38). The van der Waals surface area contributed by atoms with E-state index in [2.05, 4.69) is 5.32 Å². The lowest BCUT2D eigenvalue weighted by atomic mass is 9.83. The average Bonchev–Trinajstić information content (AvgIpc) is 3.44. The van der Waals surface area contributed by atoms with Gasteiger partial charge in [-0.2, -0.15) is 13.2 Å². The van der Waals surface area contributed by atoms with E-state index in [0.717, 1.165) is 51.8 Å². The summed E-state index contributed by atoms with van der Waals surface area (Å²) < 4.78 is 47.1. The molecule has 1 saturated heterocycles. The Morgan fingerprint density at radius 2 is 1.68 bits per heavy atom. The van der Waals surface area contributed by atoms with Gasteiger partial charge in [-0.05, 0) is 55.0 Å². The maximum absolute atomic E-state index is 14.0. The van der Waals surface area contributed by atoms with E-state index in [9.17, 15) is 32.3 Å². The van der Waals surface area contributed by atoms with Crippen LogP contribution in [0.3, 0.4) is 0 Å². The van der Waals surface area contributed by atoms with Crippen LogP contribution in [0.15, 0.2) is 82.6 Å². The molecular formula is C31H24F3N3O5S2. The first-order valence-corrected chi connectivity index (χ1v) is 15.1. The predicted molar refractivity (Wildman–Crippen MR) is 160 cm³/mol. The fourth-order valence-electron chi connectivity index (χ4n) is 5.48. The number of carbonyl (C=O) groups is 3. The van der Waals surface area contributed by atoms with Crippen molar-refractivity contribution in [1.82, 2.24) is 4.57 Å². The Kier molecular flexibility index (Phi) is 7.62. The largest absolute Gasteiger partial charge is 0.497 e. The average molecular weight is 640 g/mol. The number of hydrogen-bond acceptors (Lipinski definition) is 7. The van der Waals surface area contributed by atoms with Crippen LogP contribution in [0.1, 0.15) is 27.5 Å². The summed E-state index contributed by atoms with van der Waals surface area (Å²) >= 11 is 1.87. The molecule has 3 unspecified atom stereocenters. The maximum Gasteiger partial charge on any atom is 0.416 e. The van der Waals surface area contributed by atoms with Crippen LogP contribution in [0, 0.1) is 12.8 Å². The van der Waals surface area contributed by atoms with Crippen LogP contribution in [0.25, 0.3) is 0 Å². The zero-order valence-corrected chi connectivity index (χ0v) is 24.9. The molecule has 0 spiro atoms. The van der Waals surface area contributed by atoms with Gasteiger partial charge in [0.05, 0.1) is 29.3 Å². The first-order valence-electron chi connectivity index (χ1n) is 13.4. The number of thiazole rings is 1. The van der Waals surface area contributed by atoms with Gasteiger partial charge < -0.3 is 10.1 Å². The molecule has 2 aliphatic heterocycles. The van der Waals surface area contributed by atoms with E-state index in [1.54, 1.807) is 36.4 Å². The van der Waals surface area contributed by atoms with Crippen molar-refractivity contribution in [3.63, 3.8) is 0 Å². The van der Waals surface area contributed by atoms with Gasteiger partial charge in [0.15, 0.2) is 0 Å². The third-order valence-corrected chi connectivity index (χ3v) is 10.2. The number of halogens is 3.